The van der Waals surface area contributed by atoms with Gasteiger partial charge in [0.1, 0.15) is 5.76 Å². The summed E-state index contributed by atoms with van der Waals surface area (Å²) < 4.78 is 6.35. The zero-order valence-electron chi connectivity index (χ0n) is 29.9. The number of benzene rings is 2. The second-order valence-corrected chi connectivity index (χ2v) is 21.3. The van der Waals surface area contributed by atoms with Crippen molar-refractivity contribution in [3.63, 3.8) is 0 Å². The number of hydrogen-bond acceptors (Lipinski definition) is 1. The van der Waals surface area contributed by atoms with E-state index in [0.29, 0.717) is 46.0 Å². The summed E-state index contributed by atoms with van der Waals surface area (Å²) in [6.07, 6.45) is 16.1. The number of rotatable bonds is 5. The van der Waals surface area contributed by atoms with E-state index in [2.05, 4.69) is 147 Å². The molecule has 0 spiro atoms. The lowest BCUT2D eigenvalue weighted by atomic mass is 9.72. The first-order chi connectivity index (χ1) is 21.1. The van der Waals surface area contributed by atoms with Gasteiger partial charge in [-0.3, -0.25) is 0 Å². The Kier molecular flexibility index (Phi) is 8.42. The molecule has 4 aliphatic carbocycles. The number of ether oxygens (including phenoxy) is 1. The summed E-state index contributed by atoms with van der Waals surface area (Å²) >= 11 is 0. The van der Waals surface area contributed by atoms with Crippen LogP contribution in [0.2, 0.25) is 0 Å². The molecule has 2 heteroatoms. The average molecular weight is 623 g/mol. The van der Waals surface area contributed by atoms with E-state index in [1.807, 2.05) is 7.11 Å². The maximum Gasteiger partial charge on any atom is 0.126 e. The highest BCUT2D eigenvalue weighted by Gasteiger charge is 2.56. The molecule has 2 fully saturated rings. The molecular formula is C43H58OS. The minimum absolute atomic E-state index is 0.0149. The Bertz CT molecular complexity index is 1520. The van der Waals surface area contributed by atoms with E-state index in [0.717, 1.165) is 5.76 Å². The molecule has 8 atom stereocenters. The molecule has 2 aromatic rings. The van der Waals surface area contributed by atoms with Crippen LogP contribution in [0.4, 0.5) is 0 Å². The topological polar surface area (TPSA) is 9.23 Å². The van der Waals surface area contributed by atoms with Crippen molar-refractivity contribution in [1.82, 2.24) is 0 Å². The van der Waals surface area contributed by atoms with Crippen LogP contribution in [0.25, 0.3) is 11.1 Å². The summed E-state index contributed by atoms with van der Waals surface area (Å²) in [5, 5.41) is 1.39. The number of hydrogen-bond donors (Lipinski definition) is 0. The molecule has 0 bridgehead atoms. The summed E-state index contributed by atoms with van der Waals surface area (Å²) in [6, 6.07) is 22.5. The van der Waals surface area contributed by atoms with E-state index in [1.165, 1.54) is 40.7 Å². The average Bonchev–Trinajstić information content (AvgIpc) is 3.51. The highest BCUT2D eigenvalue weighted by atomic mass is 32.3. The van der Waals surface area contributed by atoms with Gasteiger partial charge in [-0.2, -0.15) is 0 Å². The van der Waals surface area contributed by atoms with Gasteiger partial charge < -0.3 is 4.74 Å². The van der Waals surface area contributed by atoms with Crippen LogP contribution in [-0.2, 0) is 4.74 Å². The van der Waals surface area contributed by atoms with Gasteiger partial charge >= 0.3 is 0 Å². The monoisotopic (exact) mass is 622 g/mol. The zero-order valence-corrected chi connectivity index (χ0v) is 30.7. The van der Waals surface area contributed by atoms with Gasteiger partial charge in [0.2, 0.25) is 0 Å². The van der Waals surface area contributed by atoms with Crippen LogP contribution in [0, 0.1) is 46.3 Å². The Labute approximate surface area is 276 Å². The lowest BCUT2D eigenvalue weighted by Gasteiger charge is -2.52. The van der Waals surface area contributed by atoms with Crippen molar-refractivity contribution in [2.45, 2.75) is 78.7 Å². The minimum atomic E-state index is -1.03. The largest absolute Gasteiger partial charge is 0.496 e. The van der Waals surface area contributed by atoms with Crippen molar-refractivity contribution in [2.75, 3.05) is 19.6 Å². The van der Waals surface area contributed by atoms with Crippen LogP contribution in [-0.4, -0.2) is 30.1 Å². The molecule has 0 radical (unpaired) electrons. The van der Waals surface area contributed by atoms with Crippen LogP contribution in [0.1, 0.15) is 79.4 Å². The molecule has 4 aliphatic rings. The van der Waals surface area contributed by atoms with E-state index in [-0.39, 0.29) is 10.8 Å². The normalized spacial score (nSPS) is 32.4. The van der Waals surface area contributed by atoms with Crippen LogP contribution in [0.5, 0.6) is 0 Å². The second-order valence-electron chi connectivity index (χ2n) is 17.2. The van der Waals surface area contributed by atoms with E-state index in [1.54, 1.807) is 5.57 Å². The van der Waals surface area contributed by atoms with Crippen molar-refractivity contribution in [3.05, 3.63) is 107 Å². The third-order valence-electron chi connectivity index (χ3n) is 11.8. The second kappa shape index (κ2) is 11.7. The van der Waals surface area contributed by atoms with Crippen LogP contribution < -0.4 is 0 Å². The maximum atomic E-state index is 6.35. The van der Waals surface area contributed by atoms with Crippen LogP contribution >= 0.6 is 10.0 Å². The minimum Gasteiger partial charge on any atom is -0.496 e. The molecule has 0 heterocycles. The van der Waals surface area contributed by atoms with Gasteiger partial charge in [-0.25, -0.2) is 10.0 Å². The van der Waals surface area contributed by atoms with E-state index in [4.69, 9.17) is 4.74 Å². The van der Waals surface area contributed by atoms with Gasteiger partial charge in [0.15, 0.2) is 0 Å². The molecule has 0 amide bonds. The summed E-state index contributed by atoms with van der Waals surface area (Å²) in [4.78, 5) is 0. The Morgan fingerprint density at radius 3 is 1.69 bits per heavy atom. The molecule has 2 saturated carbocycles. The predicted molar refractivity (Wildman–Crippen MR) is 198 cm³/mol. The van der Waals surface area contributed by atoms with Crippen molar-refractivity contribution in [2.24, 2.45) is 46.3 Å². The van der Waals surface area contributed by atoms with Gasteiger partial charge in [-0.05, 0) is 110 Å². The van der Waals surface area contributed by atoms with Crippen molar-refractivity contribution in [1.29, 1.82) is 0 Å². The molecule has 242 valence electrons. The van der Waals surface area contributed by atoms with Gasteiger partial charge in [-0.1, -0.05) is 134 Å². The van der Waals surface area contributed by atoms with Gasteiger partial charge in [0, 0.05) is 5.57 Å². The summed E-state index contributed by atoms with van der Waals surface area (Å²) in [7, 11) is 0.862. The van der Waals surface area contributed by atoms with Crippen LogP contribution in [0.15, 0.2) is 95.8 Å². The third kappa shape index (κ3) is 5.62. The molecule has 0 aromatic heterocycles. The fraction of sp³-hybridized carbons (Fsp3) is 0.535. The summed E-state index contributed by atoms with van der Waals surface area (Å²) in [5.74, 6) is 4.74. The van der Waals surface area contributed by atoms with Gasteiger partial charge in [-0.15, -0.1) is 0 Å². The molecule has 6 rings (SSSR count). The SMILES string of the molecule is COC1=C(c2ccccc2)C2CC(C)C(S(C)(C)C3C(C)CC4C(c5ccccc5)=CC(C(C)(C)C)=CC43)C2C=C1C(C)(C)C. The van der Waals surface area contributed by atoms with Gasteiger partial charge in [0.05, 0.1) is 7.11 Å². The van der Waals surface area contributed by atoms with Gasteiger partial charge in [0.25, 0.3) is 0 Å². The van der Waals surface area contributed by atoms with E-state index < -0.39 is 10.0 Å². The molecule has 2 aromatic carbocycles. The highest BCUT2D eigenvalue weighted by Crippen LogP contribution is 2.70. The standard InChI is InChI=1S/C43H58OS/c1-27-22-33-32(29-18-14-12-15-19-29)24-31(42(3,4)5)25-35(33)40(27)45(10,11)41-28(2)23-34-36(41)26-37(43(6,7)8)39(44-9)38(34)30-20-16-13-17-21-30/h12-21,24-28,33-36,40-41H,22-23H2,1-11H3. The predicted octanol–water partition coefficient (Wildman–Crippen LogP) is 11.4. The lowest BCUT2D eigenvalue weighted by molar-refractivity contribution is 0.274. The first kappa shape index (κ1) is 32.5. The Morgan fingerprint density at radius 2 is 1.18 bits per heavy atom. The fourth-order valence-corrected chi connectivity index (χ4v) is 15.3. The first-order valence-electron chi connectivity index (χ1n) is 17.4. The fourth-order valence-electron chi connectivity index (χ4n) is 10.1. The third-order valence-corrected chi connectivity index (χ3v) is 16.2. The zero-order chi connectivity index (χ0) is 32.5. The summed E-state index contributed by atoms with van der Waals surface area (Å²) in [5.41, 5.74) is 8.89. The van der Waals surface area contributed by atoms with Crippen LogP contribution in [0.3, 0.4) is 0 Å². The van der Waals surface area contributed by atoms with Crippen molar-refractivity contribution < 1.29 is 4.74 Å². The molecule has 45 heavy (non-hydrogen) atoms. The Balaban J connectivity index is 1.45. The number of fused-ring (bicyclic) bond motifs is 2. The molecule has 1 nitrogen and oxygen atoms in total. The highest BCUT2D eigenvalue weighted by molar-refractivity contribution is 8.33. The quantitative estimate of drug-likeness (QED) is 0.322. The van der Waals surface area contributed by atoms with E-state index >= 15 is 0 Å². The Morgan fingerprint density at radius 1 is 0.667 bits per heavy atom. The molecular weight excluding hydrogens is 565 g/mol. The number of allylic oxidation sites excluding steroid dienone is 7. The molecule has 8 unspecified atom stereocenters. The Hall–Kier alpha value is -2.45. The molecule has 0 N–H and O–H groups in total. The van der Waals surface area contributed by atoms with E-state index in [9.17, 15) is 0 Å². The number of methoxy groups -OCH3 is 1. The molecule has 0 saturated heterocycles. The summed E-state index contributed by atoms with van der Waals surface area (Å²) in [6.45, 7) is 19.5. The lowest BCUT2D eigenvalue weighted by Crippen LogP contribution is -2.39. The smallest absolute Gasteiger partial charge is 0.126 e. The first-order valence-corrected chi connectivity index (χ1v) is 20.0. The van der Waals surface area contributed by atoms with Crippen molar-refractivity contribution in [3.8, 4) is 0 Å². The van der Waals surface area contributed by atoms with Crippen molar-refractivity contribution >= 4 is 21.2 Å². The maximum absolute atomic E-state index is 6.35. The molecule has 0 aliphatic heterocycles.